The second-order valence-corrected chi connectivity index (χ2v) is 79.9. The first-order valence-corrected chi connectivity index (χ1v) is 64.6. The average Bonchev–Trinajstić information content (AvgIpc) is 3.06. The Labute approximate surface area is 457 Å². The molecule has 434 valence electrons. The number of hydrogen-bond donors (Lipinski definition) is 2. The molecule has 0 heterocycles. The maximum atomic E-state index is 11.3. The Morgan fingerprint density at radius 3 is 0.542 bits per heavy atom. The summed E-state index contributed by atoms with van der Waals surface area (Å²) in [5.41, 5.74) is 0. The average molecular weight is 1230 g/mol. The predicted molar refractivity (Wildman–Crippen MR) is 333 cm³/mol. The smallest absolute Gasteiger partial charge is 0.314 e. The minimum absolute atomic E-state index is 0.316. The lowest BCUT2D eigenvalue weighted by Crippen LogP contribution is -2.54. The fourth-order valence-corrected chi connectivity index (χ4v) is 59.5. The van der Waals surface area contributed by atoms with E-state index in [4.69, 9.17) is 51.9 Å². The second kappa shape index (κ2) is 30.2. The number of ether oxygens (including phenoxy) is 4. The van der Waals surface area contributed by atoms with Crippen molar-refractivity contribution in [2.24, 2.45) is 0 Å². The van der Waals surface area contributed by atoms with Gasteiger partial charge in [-0.25, -0.2) is 0 Å². The molecule has 0 aromatic carbocycles. The van der Waals surface area contributed by atoms with Crippen LogP contribution in [-0.4, -0.2) is 175 Å². The zero-order chi connectivity index (χ0) is 56.7. The van der Waals surface area contributed by atoms with Gasteiger partial charge in [-0.15, -0.1) is 0 Å². The Morgan fingerprint density at radius 2 is 0.403 bits per heavy atom. The minimum atomic E-state index is -2.58. The van der Waals surface area contributed by atoms with Crippen LogP contribution in [0.4, 0.5) is 0 Å². The van der Waals surface area contributed by atoms with Crippen molar-refractivity contribution in [1.82, 2.24) is 0 Å². The fraction of sp³-hybridized carbons (Fsp3) is 1.00. The summed E-state index contributed by atoms with van der Waals surface area (Å²) in [6, 6.07) is 3.02. The van der Waals surface area contributed by atoms with Crippen molar-refractivity contribution >= 4 is 101 Å². The SMILES string of the molecule is C[Si](C)(C)O[Si](C)(CCCO[C@H]([C@H](OCCC[Si](C)(O[Si](C)(C)C)O[Si](C)(C)C)[C@H](CO)OCCC[Si](C)(O[Si](C)(C)C)O[Si](C)(C)C)[C@H](CO)OCCC[Si](C)(O[Si](C)(C)C)O[Si](C)(C)C)O[Si](C)(C)C. The molecule has 0 aromatic rings. The first-order chi connectivity index (χ1) is 31.9. The van der Waals surface area contributed by atoms with E-state index < -0.39 is 125 Å². The molecule has 0 unspecified atom stereocenters. The topological polar surface area (TPSA) is 151 Å². The van der Waals surface area contributed by atoms with E-state index in [0.29, 0.717) is 52.1 Å². The van der Waals surface area contributed by atoms with E-state index in [0.717, 1.165) is 24.2 Å². The van der Waals surface area contributed by atoms with Gasteiger partial charge in [0.25, 0.3) is 0 Å². The van der Waals surface area contributed by atoms with Gasteiger partial charge in [0, 0.05) is 26.4 Å². The zero-order valence-electron chi connectivity index (χ0n) is 52.0. The van der Waals surface area contributed by atoms with Gasteiger partial charge in [0.2, 0.25) is 0 Å². The molecule has 0 radical (unpaired) electrons. The van der Waals surface area contributed by atoms with Crippen LogP contribution in [0.25, 0.3) is 0 Å². The highest BCUT2D eigenvalue weighted by Crippen LogP contribution is 2.31. The van der Waals surface area contributed by atoms with E-state index >= 15 is 0 Å². The van der Waals surface area contributed by atoms with Gasteiger partial charge in [-0.05, 0) is 233 Å². The van der Waals surface area contributed by atoms with Crippen LogP contribution >= 0.6 is 0 Å². The van der Waals surface area contributed by atoms with Gasteiger partial charge in [-0.2, -0.15) is 0 Å². The quantitative estimate of drug-likeness (QED) is 0.0441. The number of aliphatic hydroxyl groups excluding tert-OH is 2. The molecule has 0 spiro atoms. The second-order valence-electron chi connectivity index (χ2n) is 28.5. The van der Waals surface area contributed by atoms with Crippen molar-refractivity contribution in [2.45, 2.75) is 258 Å². The van der Waals surface area contributed by atoms with E-state index in [-0.39, 0.29) is 13.2 Å². The summed E-state index contributed by atoms with van der Waals surface area (Å²) in [5.74, 6) is 0. The van der Waals surface area contributed by atoms with Crippen LogP contribution in [0.1, 0.15) is 25.7 Å². The number of rotatable bonds is 41. The standard InChI is InChI=1S/C46H118O14Si12/c1-61(2,3)53-69(25,54-62(4,5)6)37-29-33-49-43(41-47)45(51-35-31-39-71(27,57-65(13,14)15)58-66(16,17)18)46(52-36-32-40-72(28,59-67(19,20)21)60-68(22,23)24)44(42-48)50-34-30-38-70(26,55-63(7,8)9)56-64(10,11)12/h43-48H,29-42H2,1-28H3/t43-,44-,45-,46+/m0/s1. The largest absolute Gasteiger partial charge is 0.437 e. The normalized spacial score (nSPS) is 16.6. The van der Waals surface area contributed by atoms with Gasteiger partial charge in [-0.3, -0.25) is 0 Å². The van der Waals surface area contributed by atoms with Crippen LogP contribution < -0.4 is 0 Å². The van der Waals surface area contributed by atoms with E-state index in [1.54, 1.807) is 0 Å². The van der Waals surface area contributed by atoms with E-state index in [9.17, 15) is 10.2 Å². The third-order valence-electron chi connectivity index (χ3n) is 9.98. The lowest BCUT2D eigenvalue weighted by atomic mass is 10.0. The van der Waals surface area contributed by atoms with Gasteiger partial charge in [-0.1, -0.05) is 0 Å². The monoisotopic (exact) mass is 1230 g/mol. The molecule has 0 aliphatic rings. The highest BCUT2D eigenvalue weighted by atomic mass is 28.5. The Balaban J connectivity index is 7.31. The molecule has 0 aliphatic heterocycles. The van der Waals surface area contributed by atoms with Gasteiger partial charge in [0.05, 0.1) is 13.2 Å². The summed E-state index contributed by atoms with van der Waals surface area (Å²) >= 11 is 0. The van der Waals surface area contributed by atoms with Gasteiger partial charge >= 0.3 is 34.2 Å². The Kier molecular flexibility index (Phi) is 31.1. The van der Waals surface area contributed by atoms with Crippen LogP contribution in [0.2, 0.25) is 207 Å². The summed E-state index contributed by atoms with van der Waals surface area (Å²) in [6.07, 6.45) is -0.407. The number of hydrogen-bond acceptors (Lipinski definition) is 14. The van der Waals surface area contributed by atoms with E-state index in [1.807, 2.05) is 0 Å². The van der Waals surface area contributed by atoms with Crippen molar-refractivity contribution in [3.05, 3.63) is 0 Å². The molecule has 0 rings (SSSR count). The van der Waals surface area contributed by atoms with Gasteiger partial charge in [0.15, 0.2) is 66.5 Å². The molecule has 0 saturated carbocycles. The van der Waals surface area contributed by atoms with Crippen LogP contribution in [0.3, 0.4) is 0 Å². The van der Waals surface area contributed by atoms with Crippen molar-refractivity contribution < 1.29 is 62.1 Å². The van der Waals surface area contributed by atoms with Crippen LogP contribution in [0.5, 0.6) is 0 Å². The maximum absolute atomic E-state index is 11.3. The van der Waals surface area contributed by atoms with Crippen LogP contribution in [0, 0.1) is 0 Å². The predicted octanol–water partition coefficient (Wildman–Crippen LogP) is 13.2. The lowest BCUT2D eigenvalue weighted by molar-refractivity contribution is -0.191. The van der Waals surface area contributed by atoms with Crippen LogP contribution in [-0.2, 0) is 51.9 Å². The molecule has 0 aliphatic carbocycles. The fourth-order valence-electron chi connectivity index (χ4n) is 9.48. The molecule has 14 nitrogen and oxygen atoms in total. The van der Waals surface area contributed by atoms with Gasteiger partial charge < -0.3 is 62.1 Å². The molecular formula is C46H118O14Si12. The van der Waals surface area contributed by atoms with Crippen molar-refractivity contribution in [2.75, 3.05) is 39.6 Å². The highest BCUT2D eigenvalue weighted by Gasteiger charge is 2.45. The van der Waals surface area contributed by atoms with Gasteiger partial charge in [0.1, 0.15) is 24.4 Å². The molecule has 0 saturated heterocycles. The summed E-state index contributed by atoms with van der Waals surface area (Å²) in [7, 11) is -25.7. The van der Waals surface area contributed by atoms with Crippen molar-refractivity contribution in [3.63, 3.8) is 0 Å². The maximum Gasteiger partial charge on any atom is 0.314 e. The molecule has 4 atom stereocenters. The zero-order valence-corrected chi connectivity index (χ0v) is 64.0. The minimum Gasteiger partial charge on any atom is -0.437 e. The molecule has 0 bridgehead atoms. The Morgan fingerprint density at radius 1 is 0.250 bits per heavy atom. The van der Waals surface area contributed by atoms with Crippen molar-refractivity contribution in [1.29, 1.82) is 0 Å². The molecule has 0 amide bonds. The lowest BCUT2D eigenvalue weighted by Gasteiger charge is -2.40. The highest BCUT2D eigenvalue weighted by molar-refractivity contribution is 6.90. The third-order valence-corrected chi connectivity index (χ3v) is 48.4. The molecule has 2 N–H and O–H groups in total. The van der Waals surface area contributed by atoms with E-state index in [2.05, 4.69) is 183 Å². The summed E-state index contributed by atoms with van der Waals surface area (Å²) < 4.78 is 82.2. The Hall–Kier alpha value is 2.04. The molecule has 26 heteroatoms. The molecule has 72 heavy (non-hydrogen) atoms. The Bertz CT molecular complexity index is 1330. The number of aliphatic hydroxyl groups is 2. The van der Waals surface area contributed by atoms with Crippen molar-refractivity contribution in [3.8, 4) is 0 Å². The van der Waals surface area contributed by atoms with E-state index in [1.165, 1.54) is 0 Å². The summed E-state index contributed by atoms with van der Waals surface area (Å²) in [6.45, 7) is 62.8. The van der Waals surface area contributed by atoms with Crippen LogP contribution in [0.15, 0.2) is 0 Å². The molecule has 0 aromatic heterocycles. The first-order valence-electron chi connectivity index (χ1n) is 27.2. The molecular weight excluding hydrogens is 1110 g/mol. The first kappa shape index (κ1) is 74.0. The summed E-state index contributed by atoms with van der Waals surface area (Å²) in [4.78, 5) is 0. The molecule has 0 fully saturated rings. The third kappa shape index (κ3) is 37.8. The summed E-state index contributed by atoms with van der Waals surface area (Å²) in [5, 5.41) is 22.7.